The lowest BCUT2D eigenvalue weighted by Crippen LogP contribution is -2.04. The summed E-state index contributed by atoms with van der Waals surface area (Å²) in [5.41, 5.74) is 2.25. The number of hydrogen-bond acceptors (Lipinski definition) is 3. The smallest absolute Gasteiger partial charge is 0.192 e. The van der Waals surface area contributed by atoms with Crippen molar-refractivity contribution in [3.63, 3.8) is 0 Å². The lowest BCUT2D eigenvalue weighted by molar-refractivity contribution is 0.617. The zero-order valence-electron chi connectivity index (χ0n) is 15.2. The quantitative estimate of drug-likeness (QED) is 0.342. The molecular weight excluding hydrogens is 412 g/mol. The summed E-state index contributed by atoms with van der Waals surface area (Å²) in [6.45, 7) is 0.536. The molecule has 146 valence electrons. The second-order valence-corrected chi connectivity index (χ2v) is 7.72. The molecule has 0 aliphatic rings. The van der Waals surface area contributed by atoms with Crippen molar-refractivity contribution >= 4 is 23.4 Å². The van der Waals surface area contributed by atoms with E-state index in [2.05, 4.69) is 10.2 Å². The number of hydrogen-bond donors (Lipinski definition) is 0. The second-order valence-electron chi connectivity index (χ2n) is 6.37. The van der Waals surface area contributed by atoms with Gasteiger partial charge in [-0.05, 0) is 42.0 Å². The zero-order valence-corrected chi connectivity index (χ0v) is 16.8. The standard InChI is InChI=1S/C22H16ClF2N3S/c23-19-7-4-8-20(25)18(19)14-29-22-27-26-21(16-9-11-17(24)12-10-16)28(22)13-15-5-2-1-3-6-15/h1-12H,13-14H2. The number of nitrogens with zero attached hydrogens (tertiary/aromatic N) is 3. The van der Waals surface area contributed by atoms with E-state index in [-0.39, 0.29) is 11.6 Å². The van der Waals surface area contributed by atoms with E-state index in [9.17, 15) is 8.78 Å². The van der Waals surface area contributed by atoms with Gasteiger partial charge in [-0.2, -0.15) is 0 Å². The summed E-state index contributed by atoms with van der Waals surface area (Å²) in [5, 5.41) is 9.63. The van der Waals surface area contributed by atoms with Crippen LogP contribution in [0.15, 0.2) is 78.0 Å². The van der Waals surface area contributed by atoms with E-state index < -0.39 is 0 Å². The molecule has 0 fully saturated rings. The average molecular weight is 428 g/mol. The van der Waals surface area contributed by atoms with E-state index in [1.54, 1.807) is 24.3 Å². The van der Waals surface area contributed by atoms with Crippen molar-refractivity contribution in [3.8, 4) is 11.4 Å². The van der Waals surface area contributed by atoms with Crippen LogP contribution < -0.4 is 0 Å². The molecule has 4 aromatic rings. The molecule has 0 saturated heterocycles. The van der Waals surface area contributed by atoms with Gasteiger partial charge in [-0.3, -0.25) is 4.57 Å². The molecule has 0 aliphatic heterocycles. The number of thioether (sulfide) groups is 1. The maximum Gasteiger partial charge on any atom is 0.192 e. The topological polar surface area (TPSA) is 30.7 Å². The average Bonchev–Trinajstić information content (AvgIpc) is 3.11. The van der Waals surface area contributed by atoms with Gasteiger partial charge in [0.05, 0.1) is 6.54 Å². The lowest BCUT2D eigenvalue weighted by atomic mass is 10.2. The highest BCUT2D eigenvalue weighted by Gasteiger charge is 2.17. The third-order valence-electron chi connectivity index (χ3n) is 4.41. The predicted molar refractivity (Wildman–Crippen MR) is 112 cm³/mol. The Kier molecular flexibility index (Phi) is 5.92. The molecular formula is C22H16ClF2N3S. The molecule has 0 amide bonds. The van der Waals surface area contributed by atoms with E-state index in [1.807, 2.05) is 34.9 Å². The SMILES string of the molecule is Fc1ccc(-c2nnc(SCc3c(F)cccc3Cl)n2Cc2ccccc2)cc1. The van der Waals surface area contributed by atoms with Crippen LogP contribution in [0, 0.1) is 11.6 Å². The first-order valence-electron chi connectivity index (χ1n) is 8.90. The van der Waals surface area contributed by atoms with Crippen LogP contribution in [0.2, 0.25) is 5.02 Å². The summed E-state index contributed by atoms with van der Waals surface area (Å²) < 4.78 is 29.4. The van der Waals surface area contributed by atoms with E-state index >= 15 is 0 Å². The lowest BCUT2D eigenvalue weighted by Gasteiger charge is -2.11. The Morgan fingerprint density at radius 1 is 0.862 bits per heavy atom. The fourth-order valence-corrected chi connectivity index (χ4v) is 4.20. The van der Waals surface area contributed by atoms with E-state index in [1.165, 1.54) is 30.0 Å². The van der Waals surface area contributed by atoms with E-state index in [4.69, 9.17) is 11.6 Å². The van der Waals surface area contributed by atoms with Gasteiger partial charge in [0.15, 0.2) is 11.0 Å². The Labute approximate surface area is 176 Å². The molecule has 0 N–H and O–H groups in total. The highest BCUT2D eigenvalue weighted by Crippen LogP contribution is 2.30. The summed E-state index contributed by atoms with van der Waals surface area (Å²) >= 11 is 7.51. The molecule has 7 heteroatoms. The Bertz CT molecular complexity index is 1090. The van der Waals surface area contributed by atoms with E-state index in [0.29, 0.717) is 33.9 Å². The monoisotopic (exact) mass is 427 g/mol. The van der Waals surface area contributed by atoms with Crippen molar-refractivity contribution < 1.29 is 8.78 Å². The normalized spacial score (nSPS) is 11.0. The molecule has 1 heterocycles. The molecule has 3 aromatic carbocycles. The van der Waals surface area contributed by atoms with Crippen molar-refractivity contribution in [3.05, 3.63) is 101 Å². The summed E-state index contributed by atoms with van der Waals surface area (Å²) in [4.78, 5) is 0. The third kappa shape index (κ3) is 4.49. The minimum Gasteiger partial charge on any atom is -0.298 e. The van der Waals surface area contributed by atoms with Gasteiger partial charge in [0.2, 0.25) is 0 Å². The minimum absolute atomic E-state index is 0.313. The molecule has 0 saturated carbocycles. The Hall–Kier alpha value is -2.70. The van der Waals surface area contributed by atoms with Crippen LogP contribution in [0.5, 0.6) is 0 Å². The fraction of sp³-hybridized carbons (Fsp3) is 0.0909. The molecule has 3 nitrogen and oxygen atoms in total. The van der Waals surface area contributed by atoms with Crippen LogP contribution in [0.3, 0.4) is 0 Å². The maximum absolute atomic E-state index is 14.1. The van der Waals surface area contributed by atoms with Crippen molar-refractivity contribution in [2.24, 2.45) is 0 Å². The van der Waals surface area contributed by atoms with Crippen molar-refractivity contribution in [2.45, 2.75) is 17.5 Å². The Morgan fingerprint density at radius 3 is 2.34 bits per heavy atom. The van der Waals surface area contributed by atoms with Gasteiger partial charge in [0.25, 0.3) is 0 Å². The molecule has 4 rings (SSSR count). The zero-order chi connectivity index (χ0) is 20.2. The Balaban J connectivity index is 1.68. The van der Waals surface area contributed by atoms with Crippen LogP contribution in [-0.2, 0) is 12.3 Å². The molecule has 0 spiro atoms. The molecule has 0 radical (unpaired) electrons. The molecule has 0 atom stereocenters. The van der Waals surface area contributed by atoms with Crippen LogP contribution in [0.25, 0.3) is 11.4 Å². The second kappa shape index (κ2) is 8.76. The van der Waals surface area contributed by atoms with Crippen molar-refractivity contribution in [1.29, 1.82) is 0 Å². The van der Waals surface area contributed by atoms with Crippen molar-refractivity contribution in [2.75, 3.05) is 0 Å². The van der Waals surface area contributed by atoms with Gasteiger partial charge >= 0.3 is 0 Å². The maximum atomic E-state index is 14.1. The summed E-state index contributed by atoms with van der Waals surface area (Å²) in [5.74, 6) is 0.280. The third-order valence-corrected chi connectivity index (χ3v) is 5.76. The Morgan fingerprint density at radius 2 is 1.62 bits per heavy atom. The van der Waals surface area contributed by atoms with Gasteiger partial charge in [0.1, 0.15) is 11.6 Å². The highest BCUT2D eigenvalue weighted by molar-refractivity contribution is 7.98. The summed E-state index contributed by atoms with van der Waals surface area (Å²) in [6.07, 6.45) is 0. The number of benzene rings is 3. The van der Waals surface area contributed by atoms with Gasteiger partial charge in [-0.15, -0.1) is 10.2 Å². The van der Waals surface area contributed by atoms with Crippen LogP contribution in [-0.4, -0.2) is 14.8 Å². The van der Waals surface area contributed by atoms with Gasteiger partial charge in [-0.1, -0.05) is 59.8 Å². The number of halogens is 3. The first kappa shape index (κ1) is 19.6. The first-order valence-corrected chi connectivity index (χ1v) is 10.3. The van der Waals surface area contributed by atoms with Gasteiger partial charge < -0.3 is 0 Å². The first-order chi connectivity index (χ1) is 14.1. The van der Waals surface area contributed by atoms with Crippen molar-refractivity contribution in [1.82, 2.24) is 14.8 Å². The molecule has 0 unspecified atom stereocenters. The molecule has 0 bridgehead atoms. The van der Waals surface area contributed by atoms with Crippen LogP contribution in [0.4, 0.5) is 8.78 Å². The van der Waals surface area contributed by atoms with Gasteiger partial charge in [0, 0.05) is 21.9 Å². The minimum atomic E-state index is -0.349. The molecule has 29 heavy (non-hydrogen) atoms. The largest absolute Gasteiger partial charge is 0.298 e. The highest BCUT2D eigenvalue weighted by atomic mass is 35.5. The molecule has 1 aromatic heterocycles. The number of aromatic nitrogens is 3. The summed E-state index contributed by atoms with van der Waals surface area (Å²) in [6, 6.07) is 20.7. The summed E-state index contributed by atoms with van der Waals surface area (Å²) in [7, 11) is 0. The van der Waals surface area contributed by atoms with E-state index in [0.717, 1.165) is 11.1 Å². The molecule has 0 aliphatic carbocycles. The van der Waals surface area contributed by atoms with Crippen LogP contribution in [0.1, 0.15) is 11.1 Å². The van der Waals surface area contributed by atoms with Gasteiger partial charge in [-0.25, -0.2) is 8.78 Å². The fourth-order valence-electron chi connectivity index (χ4n) is 2.92. The predicted octanol–water partition coefficient (Wildman–Crippen LogP) is 6.22. The van der Waals surface area contributed by atoms with Crippen LogP contribution >= 0.6 is 23.4 Å². The number of rotatable bonds is 6.